The van der Waals surface area contributed by atoms with Crippen molar-refractivity contribution in [3.63, 3.8) is 0 Å². The molecule has 0 spiro atoms. The van der Waals surface area contributed by atoms with E-state index in [1.807, 2.05) is 79.1 Å². The molecule has 0 atom stereocenters. The normalized spacial score (nSPS) is 11.6. The van der Waals surface area contributed by atoms with Gasteiger partial charge in [0.25, 0.3) is 5.91 Å². The van der Waals surface area contributed by atoms with Gasteiger partial charge in [-0.05, 0) is 24.1 Å². The van der Waals surface area contributed by atoms with Crippen LogP contribution >= 0.6 is 0 Å². The number of nitrogens with zero attached hydrogens (tertiary/aromatic N) is 5. The van der Waals surface area contributed by atoms with Gasteiger partial charge in [-0.25, -0.2) is 4.98 Å². The molecule has 0 aliphatic heterocycles. The van der Waals surface area contributed by atoms with Gasteiger partial charge in [0.05, 0.1) is 19.2 Å². The Balaban J connectivity index is 1.61. The number of aromatic nitrogens is 5. The van der Waals surface area contributed by atoms with Crippen molar-refractivity contribution in [2.45, 2.75) is 39.0 Å². The Morgan fingerprint density at radius 3 is 2.24 bits per heavy atom. The van der Waals surface area contributed by atoms with Crippen LogP contribution in [0.4, 0.5) is 0 Å². The van der Waals surface area contributed by atoms with Crippen LogP contribution in [0.5, 0.6) is 5.88 Å². The molecular weight excluding hydrogens is 484 g/mol. The van der Waals surface area contributed by atoms with Crippen molar-refractivity contribution in [3.05, 3.63) is 101 Å². The molecule has 0 saturated heterocycles. The topological polar surface area (TPSA) is 128 Å². The predicted octanol–water partition coefficient (Wildman–Crippen LogP) is 3.62. The number of amides is 1. The summed E-state index contributed by atoms with van der Waals surface area (Å²) in [6.07, 6.45) is 0.608. The number of nitrogens with one attached hydrogen (secondary N) is 1. The lowest BCUT2D eigenvalue weighted by Gasteiger charge is -2.29. The van der Waals surface area contributed by atoms with Crippen LogP contribution in [0.3, 0.4) is 0 Å². The van der Waals surface area contributed by atoms with E-state index < -0.39 is 11.5 Å². The number of aliphatic hydroxyl groups is 1. The highest BCUT2D eigenvalue weighted by Crippen LogP contribution is 2.38. The number of fused-ring (bicyclic) bond motifs is 1. The van der Waals surface area contributed by atoms with E-state index >= 15 is 0 Å². The van der Waals surface area contributed by atoms with Crippen molar-refractivity contribution < 1.29 is 19.2 Å². The maximum Gasteiger partial charge on any atom is 0.257 e. The zero-order valence-electron chi connectivity index (χ0n) is 21.4. The fourth-order valence-electron chi connectivity index (χ4n) is 4.49. The Morgan fingerprint density at radius 2 is 1.68 bits per heavy atom. The monoisotopic (exact) mass is 512 g/mol. The minimum atomic E-state index is -1.56. The molecule has 0 aliphatic rings. The summed E-state index contributed by atoms with van der Waals surface area (Å²) in [4.78, 5) is 26.7. The molecule has 0 radical (unpaired) electrons. The van der Waals surface area contributed by atoms with Gasteiger partial charge in [0.1, 0.15) is 5.56 Å². The molecular formula is C28H28N6O4. The van der Waals surface area contributed by atoms with Gasteiger partial charge in [-0.2, -0.15) is 9.97 Å². The summed E-state index contributed by atoms with van der Waals surface area (Å²) in [6, 6.07) is 20.4. The van der Waals surface area contributed by atoms with Crippen molar-refractivity contribution in [2.75, 3.05) is 7.11 Å². The number of aryl methyl sites for hydroxylation is 2. The summed E-state index contributed by atoms with van der Waals surface area (Å²) < 4.78 is 12.4. The van der Waals surface area contributed by atoms with Gasteiger partial charge in [-0.1, -0.05) is 72.7 Å². The number of methoxy groups -OCH3 is 1. The molecule has 194 valence electrons. The zero-order chi connectivity index (χ0) is 26.7. The van der Waals surface area contributed by atoms with Crippen LogP contribution in [0.1, 0.15) is 52.9 Å². The minimum Gasteiger partial charge on any atom is -0.480 e. The minimum absolute atomic E-state index is 0.0869. The SMILES string of the molecule is CCc1nc(CNC(=O)c2cc3c(nc2OC)nc(C(O)(c2ccccc2)c2ccccc2)n3CC)no1. The molecule has 1 amide bonds. The predicted molar refractivity (Wildman–Crippen MR) is 140 cm³/mol. The molecule has 0 saturated carbocycles. The molecule has 3 aromatic heterocycles. The lowest BCUT2D eigenvalue weighted by atomic mass is 9.85. The number of pyridine rings is 1. The number of imidazole rings is 1. The van der Waals surface area contributed by atoms with Gasteiger partial charge < -0.3 is 24.3 Å². The van der Waals surface area contributed by atoms with Crippen LogP contribution in [0.15, 0.2) is 71.3 Å². The van der Waals surface area contributed by atoms with Gasteiger partial charge in [-0.15, -0.1) is 0 Å². The third-order valence-electron chi connectivity index (χ3n) is 6.39. The van der Waals surface area contributed by atoms with Crippen LogP contribution in [0, 0.1) is 0 Å². The molecule has 3 heterocycles. The fraction of sp³-hybridized carbons (Fsp3) is 0.250. The van der Waals surface area contributed by atoms with Crippen molar-refractivity contribution in [1.82, 2.24) is 30.0 Å². The number of carbonyl (C=O) groups is 1. The van der Waals surface area contributed by atoms with Crippen LogP contribution in [0.2, 0.25) is 0 Å². The van der Waals surface area contributed by atoms with E-state index in [1.165, 1.54) is 7.11 Å². The van der Waals surface area contributed by atoms with E-state index in [2.05, 4.69) is 20.4 Å². The average Bonchev–Trinajstić information content (AvgIpc) is 3.59. The number of rotatable bonds is 9. The van der Waals surface area contributed by atoms with E-state index in [4.69, 9.17) is 14.2 Å². The Kier molecular flexibility index (Phi) is 6.89. The van der Waals surface area contributed by atoms with E-state index in [9.17, 15) is 9.90 Å². The van der Waals surface area contributed by atoms with Gasteiger partial charge in [0.15, 0.2) is 22.9 Å². The molecule has 10 heteroatoms. The van der Waals surface area contributed by atoms with Crippen LogP contribution < -0.4 is 10.1 Å². The van der Waals surface area contributed by atoms with E-state index in [-0.39, 0.29) is 18.0 Å². The standard InChI is InChI=1S/C28H28N6O4/c1-4-23-30-22(33-38-23)17-29-25(35)20-16-21-24(31-26(20)37-3)32-27(34(21)5-2)28(36,18-12-8-6-9-13-18)19-14-10-7-11-15-19/h6-16,36H,4-5,17H2,1-3H3,(H,29,35). The third-order valence-corrected chi connectivity index (χ3v) is 6.39. The largest absolute Gasteiger partial charge is 0.480 e. The van der Waals surface area contributed by atoms with E-state index in [0.717, 1.165) is 0 Å². The number of benzene rings is 2. The second-order valence-corrected chi connectivity index (χ2v) is 8.65. The molecule has 10 nitrogen and oxygen atoms in total. The maximum absolute atomic E-state index is 13.2. The number of hydrogen-bond acceptors (Lipinski definition) is 8. The summed E-state index contributed by atoms with van der Waals surface area (Å²) in [6.45, 7) is 4.42. The summed E-state index contributed by atoms with van der Waals surface area (Å²) in [7, 11) is 1.44. The number of ether oxygens (including phenoxy) is 1. The first-order chi connectivity index (χ1) is 18.5. The van der Waals surface area contributed by atoms with Crippen molar-refractivity contribution in [1.29, 1.82) is 0 Å². The molecule has 38 heavy (non-hydrogen) atoms. The summed E-state index contributed by atoms with van der Waals surface area (Å²) in [5.41, 5.74) is 0.923. The third kappa shape index (κ3) is 4.39. The molecule has 0 aliphatic carbocycles. The van der Waals surface area contributed by atoms with E-state index in [1.54, 1.807) is 6.07 Å². The van der Waals surface area contributed by atoms with Crippen molar-refractivity contribution >= 4 is 17.1 Å². The molecule has 2 N–H and O–H groups in total. The lowest BCUT2D eigenvalue weighted by Crippen LogP contribution is -2.32. The zero-order valence-corrected chi connectivity index (χ0v) is 21.4. The quantitative estimate of drug-likeness (QED) is 0.307. The highest BCUT2D eigenvalue weighted by molar-refractivity contribution is 5.99. The first-order valence-electron chi connectivity index (χ1n) is 12.4. The Bertz CT molecular complexity index is 1520. The Morgan fingerprint density at radius 1 is 1.03 bits per heavy atom. The number of carbonyl (C=O) groups excluding carboxylic acids is 1. The molecule has 2 aromatic carbocycles. The summed E-state index contributed by atoms with van der Waals surface area (Å²) in [5.74, 6) is 0.968. The molecule has 5 aromatic rings. The second kappa shape index (κ2) is 10.4. The van der Waals surface area contributed by atoms with Crippen molar-refractivity contribution in [3.8, 4) is 5.88 Å². The number of hydrogen-bond donors (Lipinski definition) is 2. The van der Waals surface area contributed by atoms with Gasteiger partial charge in [0.2, 0.25) is 11.8 Å². The van der Waals surface area contributed by atoms with Gasteiger partial charge >= 0.3 is 0 Å². The highest BCUT2D eigenvalue weighted by Gasteiger charge is 2.39. The average molecular weight is 513 g/mol. The van der Waals surface area contributed by atoms with Gasteiger partial charge in [0, 0.05) is 13.0 Å². The summed E-state index contributed by atoms with van der Waals surface area (Å²) >= 11 is 0. The van der Waals surface area contributed by atoms with E-state index in [0.29, 0.717) is 52.8 Å². The Labute approximate surface area is 219 Å². The lowest BCUT2D eigenvalue weighted by molar-refractivity contribution is 0.0946. The van der Waals surface area contributed by atoms with Gasteiger partial charge in [-0.3, -0.25) is 4.79 Å². The first kappa shape index (κ1) is 25.1. The maximum atomic E-state index is 13.2. The fourth-order valence-corrected chi connectivity index (χ4v) is 4.49. The Hall–Kier alpha value is -4.57. The molecule has 0 bridgehead atoms. The highest BCUT2D eigenvalue weighted by atomic mass is 16.5. The van der Waals surface area contributed by atoms with Crippen molar-refractivity contribution in [2.24, 2.45) is 0 Å². The first-order valence-corrected chi connectivity index (χ1v) is 12.4. The van der Waals surface area contributed by atoms with Crippen LogP contribution in [-0.2, 0) is 25.1 Å². The molecule has 0 fully saturated rings. The molecule has 5 rings (SSSR count). The van der Waals surface area contributed by atoms with Crippen LogP contribution in [0.25, 0.3) is 11.2 Å². The molecule has 0 unspecified atom stereocenters. The van der Waals surface area contributed by atoms with Crippen LogP contribution in [-0.4, -0.2) is 42.8 Å². The second-order valence-electron chi connectivity index (χ2n) is 8.65. The smallest absolute Gasteiger partial charge is 0.257 e. The summed E-state index contributed by atoms with van der Waals surface area (Å²) in [5, 5.41) is 19.0.